The summed E-state index contributed by atoms with van der Waals surface area (Å²) in [6.45, 7) is 2.42. The molecule has 0 N–H and O–H groups in total. The first-order chi connectivity index (χ1) is 6.84. The predicted molar refractivity (Wildman–Crippen MR) is 52.0 cm³/mol. The van der Waals surface area contributed by atoms with E-state index in [0.717, 1.165) is 11.3 Å². The van der Waals surface area contributed by atoms with E-state index in [1.165, 1.54) is 0 Å². The summed E-state index contributed by atoms with van der Waals surface area (Å²) in [5.74, 6) is 1.43. The van der Waals surface area contributed by atoms with E-state index in [-0.39, 0.29) is 0 Å². The molecule has 0 bridgehead atoms. The van der Waals surface area contributed by atoms with Gasteiger partial charge in [-0.2, -0.15) is 0 Å². The van der Waals surface area contributed by atoms with Crippen LogP contribution in [-0.4, -0.2) is 4.98 Å². The summed E-state index contributed by atoms with van der Waals surface area (Å²) >= 11 is 0. The molecule has 0 aliphatic heterocycles. The van der Waals surface area contributed by atoms with Gasteiger partial charge in [-0.15, -0.1) is 0 Å². The minimum atomic E-state index is 0.420. The number of pyridine rings is 1. The molecule has 2 rings (SSSR count). The molecule has 0 saturated carbocycles. The molecule has 0 radical (unpaired) electrons. The highest BCUT2D eigenvalue weighted by Gasteiger charge is 1.98. The van der Waals surface area contributed by atoms with E-state index in [1.807, 2.05) is 31.2 Å². The largest absolute Gasteiger partial charge is 0.469 e. The summed E-state index contributed by atoms with van der Waals surface area (Å²) in [6.07, 6.45) is 3.36. The number of aromatic nitrogens is 1. The molecule has 0 fully saturated rings. The van der Waals surface area contributed by atoms with Gasteiger partial charge < -0.3 is 9.15 Å². The lowest BCUT2D eigenvalue weighted by Crippen LogP contribution is -1.95. The fourth-order valence-electron chi connectivity index (χ4n) is 1.13. The number of aryl methyl sites for hydroxylation is 1. The van der Waals surface area contributed by atoms with Gasteiger partial charge in [0.2, 0.25) is 5.88 Å². The average molecular weight is 189 g/mol. The van der Waals surface area contributed by atoms with Crippen LogP contribution >= 0.6 is 0 Å². The van der Waals surface area contributed by atoms with Crippen molar-refractivity contribution in [1.29, 1.82) is 0 Å². The van der Waals surface area contributed by atoms with Crippen molar-refractivity contribution in [2.45, 2.75) is 13.5 Å². The maximum atomic E-state index is 5.43. The normalized spacial score (nSPS) is 10.1. The number of ether oxygens (including phenoxy) is 1. The standard InChI is InChI=1S/C11H11NO2/c1-9-4-5-12-11(7-9)14-8-10-3-2-6-13-10/h2-7H,8H2,1H3. The molecule has 14 heavy (non-hydrogen) atoms. The quantitative estimate of drug-likeness (QED) is 0.744. The SMILES string of the molecule is Cc1ccnc(OCc2ccco2)c1. The highest BCUT2D eigenvalue weighted by atomic mass is 16.5. The molecular formula is C11H11NO2. The second kappa shape index (κ2) is 3.96. The summed E-state index contributed by atoms with van der Waals surface area (Å²) in [5.41, 5.74) is 1.13. The number of nitrogens with zero attached hydrogens (tertiary/aromatic N) is 1. The van der Waals surface area contributed by atoms with Gasteiger partial charge in [0.25, 0.3) is 0 Å². The molecule has 0 atom stereocenters. The summed E-state index contributed by atoms with van der Waals surface area (Å²) < 4.78 is 10.6. The lowest BCUT2D eigenvalue weighted by atomic mass is 10.3. The van der Waals surface area contributed by atoms with Crippen molar-refractivity contribution in [2.75, 3.05) is 0 Å². The van der Waals surface area contributed by atoms with Gasteiger partial charge in [0.15, 0.2) is 0 Å². The average Bonchev–Trinajstić information content (AvgIpc) is 2.67. The number of hydrogen-bond donors (Lipinski definition) is 0. The molecule has 0 aromatic carbocycles. The number of hydrogen-bond acceptors (Lipinski definition) is 3. The highest BCUT2D eigenvalue weighted by molar-refractivity contribution is 5.18. The Morgan fingerprint density at radius 2 is 2.36 bits per heavy atom. The Labute approximate surface area is 82.3 Å². The van der Waals surface area contributed by atoms with Crippen LogP contribution < -0.4 is 4.74 Å². The predicted octanol–water partition coefficient (Wildman–Crippen LogP) is 2.56. The monoisotopic (exact) mass is 189 g/mol. The van der Waals surface area contributed by atoms with E-state index in [0.29, 0.717) is 12.5 Å². The zero-order valence-electron chi connectivity index (χ0n) is 7.93. The summed E-state index contributed by atoms with van der Waals surface area (Å²) in [4.78, 5) is 4.08. The second-order valence-electron chi connectivity index (χ2n) is 3.04. The molecule has 3 nitrogen and oxygen atoms in total. The molecule has 72 valence electrons. The summed E-state index contributed by atoms with van der Waals surface area (Å²) in [7, 11) is 0. The van der Waals surface area contributed by atoms with E-state index in [1.54, 1.807) is 12.5 Å². The third-order valence-electron chi connectivity index (χ3n) is 1.83. The first-order valence-electron chi connectivity index (χ1n) is 4.42. The Morgan fingerprint density at radius 3 is 3.07 bits per heavy atom. The van der Waals surface area contributed by atoms with Crippen molar-refractivity contribution in [3.05, 3.63) is 48.0 Å². The van der Waals surface area contributed by atoms with E-state index in [9.17, 15) is 0 Å². The Balaban J connectivity index is 1.98. The molecule has 0 aliphatic carbocycles. The summed E-state index contributed by atoms with van der Waals surface area (Å²) in [6, 6.07) is 7.53. The van der Waals surface area contributed by atoms with Crippen LogP contribution in [0.3, 0.4) is 0 Å². The van der Waals surface area contributed by atoms with Crippen molar-refractivity contribution < 1.29 is 9.15 Å². The van der Waals surface area contributed by atoms with Crippen molar-refractivity contribution in [1.82, 2.24) is 4.98 Å². The Morgan fingerprint density at radius 1 is 1.43 bits per heavy atom. The fourth-order valence-corrected chi connectivity index (χ4v) is 1.13. The van der Waals surface area contributed by atoms with Gasteiger partial charge in [0, 0.05) is 12.3 Å². The van der Waals surface area contributed by atoms with Gasteiger partial charge in [0.05, 0.1) is 6.26 Å². The van der Waals surface area contributed by atoms with E-state index in [2.05, 4.69) is 4.98 Å². The zero-order valence-corrected chi connectivity index (χ0v) is 7.93. The van der Waals surface area contributed by atoms with Crippen molar-refractivity contribution in [2.24, 2.45) is 0 Å². The Kier molecular flexibility index (Phi) is 2.49. The van der Waals surface area contributed by atoms with E-state index < -0.39 is 0 Å². The van der Waals surface area contributed by atoms with Crippen LogP contribution in [0.1, 0.15) is 11.3 Å². The van der Waals surface area contributed by atoms with Gasteiger partial charge in [-0.3, -0.25) is 0 Å². The van der Waals surface area contributed by atoms with Crippen molar-refractivity contribution in [3.8, 4) is 5.88 Å². The van der Waals surface area contributed by atoms with Crippen LogP contribution in [-0.2, 0) is 6.61 Å². The van der Waals surface area contributed by atoms with Crippen LogP contribution in [0.2, 0.25) is 0 Å². The number of rotatable bonds is 3. The van der Waals surface area contributed by atoms with Crippen LogP contribution in [0.15, 0.2) is 41.1 Å². The lowest BCUT2D eigenvalue weighted by molar-refractivity contribution is 0.260. The first kappa shape index (κ1) is 8.81. The zero-order chi connectivity index (χ0) is 9.80. The fraction of sp³-hybridized carbons (Fsp3) is 0.182. The lowest BCUT2D eigenvalue weighted by Gasteiger charge is -2.02. The summed E-state index contributed by atoms with van der Waals surface area (Å²) in [5, 5.41) is 0. The molecule has 0 aliphatic rings. The molecule has 2 heterocycles. The number of furan rings is 1. The van der Waals surface area contributed by atoms with E-state index >= 15 is 0 Å². The molecule has 0 saturated heterocycles. The van der Waals surface area contributed by atoms with Crippen molar-refractivity contribution in [3.63, 3.8) is 0 Å². The van der Waals surface area contributed by atoms with Gasteiger partial charge in [-0.05, 0) is 30.7 Å². The Bertz CT molecular complexity index is 395. The van der Waals surface area contributed by atoms with Crippen LogP contribution in [0.25, 0.3) is 0 Å². The maximum Gasteiger partial charge on any atom is 0.213 e. The van der Waals surface area contributed by atoms with Crippen LogP contribution in [0, 0.1) is 6.92 Å². The molecule has 3 heteroatoms. The smallest absolute Gasteiger partial charge is 0.213 e. The minimum absolute atomic E-state index is 0.420. The van der Waals surface area contributed by atoms with Crippen LogP contribution in [0.4, 0.5) is 0 Å². The highest BCUT2D eigenvalue weighted by Crippen LogP contribution is 2.10. The molecule has 0 amide bonds. The first-order valence-corrected chi connectivity index (χ1v) is 4.42. The molecule has 2 aromatic heterocycles. The second-order valence-corrected chi connectivity index (χ2v) is 3.04. The van der Waals surface area contributed by atoms with Gasteiger partial charge in [0.1, 0.15) is 12.4 Å². The van der Waals surface area contributed by atoms with Gasteiger partial charge in [-0.1, -0.05) is 0 Å². The third-order valence-corrected chi connectivity index (χ3v) is 1.83. The van der Waals surface area contributed by atoms with Crippen LogP contribution in [0.5, 0.6) is 5.88 Å². The van der Waals surface area contributed by atoms with Gasteiger partial charge in [-0.25, -0.2) is 4.98 Å². The van der Waals surface area contributed by atoms with Crippen molar-refractivity contribution >= 4 is 0 Å². The van der Waals surface area contributed by atoms with E-state index in [4.69, 9.17) is 9.15 Å². The molecule has 0 spiro atoms. The van der Waals surface area contributed by atoms with Gasteiger partial charge >= 0.3 is 0 Å². The third kappa shape index (κ3) is 2.13. The topological polar surface area (TPSA) is 35.3 Å². The minimum Gasteiger partial charge on any atom is -0.469 e. The Hall–Kier alpha value is -1.77. The molecular weight excluding hydrogens is 178 g/mol. The molecule has 0 unspecified atom stereocenters. The maximum absolute atomic E-state index is 5.43. The molecule has 2 aromatic rings.